The van der Waals surface area contributed by atoms with Gasteiger partial charge >= 0.3 is 0 Å². The number of guanidine groups is 1. The highest BCUT2D eigenvalue weighted by atomic mass is 127. The summed E-state index contributed by atoms with van der Waals surface area (Å²) in [5.41, 5.74) is 1.72. The van der Waals surface area contributed by atoms with Gasteiger partial charge in [0.1, 0.15) is 0 Å². The van der Waals surface area contributed by atoms with E-state index in [2.05, 4.69) is 34.8 Å². The fourth-order valence-electron chi connectivity index (χ4n) is 1.74. The lowest BCUT2D eigenvalue weighted by Crippen LogP contribution is -2.40. The number of benzene rings is 1. The molecular formula is C15H25IN4O. The summed E-state index contributed by atoms with van der Waals surface area (Å²) in [6.45, 7) is 7.28. The molecule has 1 amide bonds. The molecule has 1 aromatic carbocycles. The van der Waals surface area contributed by atoms with Crippen molar-refractivity contribution < 1.29 is 4.79 Å². The summed E-state index contributed by atoms with van der Waals surface area (Å²) in [4.78, 5) is 15.9. The molecule has 3 N–H and O–H groups in total. The predicted octanol–water partition coefficient (Wildman–Crippen LogP) is 2.13. The van der Waals surface area contributed by atoms with Crippen LogP contribution < -0.4 is 16.0 Å². The lowest BCUT2D eigenvalue weighted by Gasteiger charge is -2.14. The number of aliphatic imine (C=N–C) groups is 1. The van der Waals surface area contributed by atoms with Crippen LogP contribution in [-0.2, 0) is 6.54 Å². The summed E-state index contributed by atoms with van der Waals surface area (Å²) in [7, 11) is 1.74. The van der Waals surface area contributed by atoms with Gasteiger partial charge in [0.05, 0.1) is 0 Å². The van der Waals surface area contributed by atoms with Crippen molar-refractivity contribution in [2.75, 3.05) is 13.6 Å². The first kappa shape index (κ1) is 19.7. The Labute approximate surface area is 144 Å². The van der Waals surface area contributed by atoms with Gasteiger partial charge < -0.3 is 16.0 Å². The first-order valence-corrected chi connectivity index (χ1v) is 6.91. The van der Waals surface area contributed by atoms with Gasteiger partial charge in [-0.3, -0.25) is 9.79 Å². The highest BCUT2D eigenvalue weighted by molar-refractivity contribution is 14.0. The van der Waals surface area contributed by atoms with Crippen molar-refractivity contribution in [2.45, 2.75) is 33.4 Å². The number of hydrogen-bond acceptors (Lipinski definition) is 2. The Kier molecular flexibility index (Phi) is 9.77. The van der Waals surface area contributed by atoms with Gasteiger partial charge in [0, 0.05) is 31.7 Å². The summed E-state index contributed by atoms with van der Waals surface area (Å²) in [5.74, 6) is 0.711. The third-order valence-corrected chi connectivity index (χ3v) is 2.64. The zero-order valence-electron chi connectivity index (χ0n) is 13.1. The van der Waals surface area contributed by atoms with E-state index in [1.807, 2.05) is 31.2 Å². The van der Waals surface area contributed by atoms with Gasteiger partial charge in [0.2, 0.25) is 0 Å². The van der Waals surface area contributed by atoms with Crippen LogP contribution in [0.1, 0.15) is 36.7 Å². The molecule has 5 nitrogen and oxygen atoms in total. The van der Waals surface area contributed by atoms with Crippen LogP contribution in [0.3, 0.4) is 0 Å². The van der Waals surface area contributed by atoms with Crippen LogP contribution in [0.25, 0.3) is 0 Å². The molecule has 0 saturated carbocycles. The second-order valence-corrected chi connectivity index (χ2v) is 4.78. The Hall–Kier alpha value is -1.31. The number of halogens is 1. The van der Waals surface area contributed by atoms with Crippen molar-refractivity contribution in [1.82, 2.24) is 16.0 Å². The van der Waals surface area contributed by atoms with E-state index >= 15 is 0 Å². The molecule has 0 aliphatic rings. The molecule has 0 heterocycles. The van der Waals surface area contributed by atoms with Crippen LogP contribution >= 0.6 is 24.0 Å². The molecular weight excluding hydrogens is 379 g/mol. The summed E-state index contributed by atoms with van der Waals surface area (Å²) >= 11 is 0. The zero-order valence-corrected chi connectivity index (χ0v) is 15.4. The maximum absolute atomic E-state index is 11.8. The minimum atomic E-state index is -0.0426. The second kappa shape index (κ2) is 10.4. The van der Waals surface area contributed by atoms with E-state index in [4.69, 9.17) is 0 Å². The monoisotopic (exact) mass is 404 g/mol. The molecule has 0 atom stereocenters. The molecule has 0 aliphatic carbocycles. The van der Waals surface area contributed by atoms with Crippen LogP contribution in [0.4, 0.5) is 0 Å². The van der Waals surface area contributed by atoms with Gasteiger partial charge in [-0.2, -0.15) is 0 Å². The van der Waals surface area contributed by atoms with Gasteiger partial charge in [-0.25, -0.2) is 0 Å². The number of carbonyl (C=O) groups is 1. The lowest BCUT2D eigenvalue weighted by atomic mass is 10.1. The minimum absolute atomic E-state index is 0. The summed E-state index contributed by atoms with van der Waals surface area (Å²) in [5, 5.41) is 9.24. The summed E-state index contributed by atoms with van der Waals surface area (Å²) in [6, 6.07) is 7.90. The maximum Gasteiger partial charge on any atom is 0.251 e. The number of nitrogens with one attached hydrogen (secondary N) is 3. The summed E-state index contributed by atoms with van der Waals surface area (Å²) in [6.07, 6.45) is 0. The largest absolute Gasteiger partial charge is 0.354 e. The summed E-state index contributed by atoms with van der Waals surface area (Å²) < 4.78 is 0. The molecule has 0 aliphatic heterocycles. The Morgan fingerprint density at radius 1 is 1.29 bits per heavy atom. The van der Waals surface area contributed by atoms with E-state index in [9.17, 15) is 4.79 Å². The number of hydrogen-bond donors (Lipinski definition) is 3. The van der Waals surface area contributed by atoms with E-state index in [-0.39, 0.29) is 29.9 Å². The minimum Gasteiger partial charge on any atom is -0.354 e. The SMILES string of the molecule is CCNC(=O)c1cccc(CNC(=NC)NC(C)C)c1.I. The zero-order chi connectivity index (χ0) is 15.0. The van der Waals surface area contributed by atoms with Gasteiger partial charge in [-0.05, 0) is 38.5 Å². The van der Waals surface area contributed by atoms with E-state index in [0.717, 1.165) is 11.5 Å². The molecule has 0 unspecified atom stereocenters. The van der Waals surface area contributed by atoms with Crippen molar-refractivity contribution in [1.29, 1.82) is 0 Å². The first-order chi connectivity index (χ1) is 9.56. The lowest BCUT2D eigenvalue weighted by molar-refractivity contribution is 0.0955. The number of rotatable bonds is 5. The standard InChI is InChI=1S/C15H24N4O.HI/c1-5-17-14(20)13-8-6-7-12(9-13)10-18-15(16-4)19-11(2)3;/h6-9,11H,5,10H2,1-4H3,(H,17,20)(H2,16,18,19);1H. The second-order valence-electron chi connectivity index (χ2n) is 4.78. The third-order valence-electron chi connectivity index (χ3n) is 2.64. The first-order valence-electron chi connectivity index (χ1n) is 6.91. The Morgan fingerprint density at radius 2 is 2.00 bits per heavy atom. The Balaban J connectivity index is 0.00000400. The van der Waals surface area contributed by atoms with Crippen molar-refractivity contribution in [3.63, 3.8) is 0 Å². The molecule has 1 aromatic rings. The molecule has 118 valence electrons. The average Bonchev–Trinajstić information content (AvgIpc) is 2.43. The topological polar surface area (TPSA) is 65.5 Å². The van der Waals surface area contributed by atoms with Gasteiger partial charge in [-0.1, -0.05) is 12.1 Å². The molecule has 0 saturated heterocycles. The van der Waals surface area contributed by atoms with E-state index in [1.54, 1.807) is 7.05 Å². The van der Waals surface area contributed by atoms with Gasteiger partial charge in [0.25, 0.3) is 5.91 Å². The van der Waals surface area contributed by atoms with Crippen LogP contribution in [0.2, 0.25) is 0 Å². The van der Waals surface area contributed by atoms with E-state index in [0.29, 0.717) is 24.7 Å². The molecule has 0 bridgehead atoms. The van der Waals surface area contributed by atoms with Gasteiger partial charge in [0.15, 0.2) is 5.96 Å². The number of carbonyl (C=O) groups excluding carboxylic acids is 1. The molecule has 0 spiro atoms. The van der Waals surface area contributed by atoms with Crippen molar-refractivity contribution >= 4 is 35.8 Å². The third kappa shape index (κ3) is 7.31. The van der Waals surface area contributed by atoms with E-state index < -0.39 is 0 Å². The molecule has 6 heteroatoms. The maximum atomic E-state index is 11.8. The highest BCUT2D eigenvalue weighted by Gasteiger charge is 2.05. The van der Waals surface area contributed by atoms with Crippen molar-refractivity contribution in [3.8, 4) is 0 Å². The fraction of sp³-hybridized carbons (Fsp3) is 0.467. The predicted molar refractivity (Wildman–Crippen MR) is 98.3 cm³/mol. The highest BCUT2D eigenvalue weighted by Crippen LogP contribution is 2.05. The fourth-order valence-corrected chi connectivity index (χ4v) is 1.74. The van der Waals surface area contributed by atoms with Crippen LogP contribution in [-0.4, -0.2) is 31.5 Å². The molecule has 1 rings (SSSR count). The number of amides is 1. The average molecular weight is 404 g/mol. The molecule has 0 aromatic heterocycles. The Bertz CT molecular complexity index is 474. The molecule has 21 heavy (non-hydrogen) atoms. The van der Waals surface area contributed by atoms with E-state index in [1.165, 1.54) is 0 Å². The quantitative estimate of drug-likeness (QED) is 0.400. The van der Waals surface area contributed by atoms with Crippen molar-refractivity contribution in [3.05, 3.63) is 35.4 Å². The molecule has 0 radical (unpaired) electrons. The molecule has 0 fully saturated rings. The van der Waals surface area contributed by atoms with Gasteiger partial charge in [-0.15, -0.1) is 24.0 Å². The number of nitrogens with zero attached hydrogens (tertiary/aromatic N) is 1. The van der Waals surface area contributed by atoms with Crippen LogP contribution in [0, 0.1) is 0 Å². The normalized spacial score (nSPS) is 10.8. The van der Waals surface area contributed by atoms with Crippen LogP contribution in [0.15, 0.2) is 29.3 Å². The van der Waals surface area contributed by atoms with Crippen LogP contribution in [0.5, 0.6) is 0 Å². The van der Waals surface area contributed by atoms with Crippen molar-refractivity contribution in [2.24, 2.45) is 4.99 Å². The Morgan fingerprint density at radius 3 is 2.57 bits per heavy atom. The smallest absolute Gasteiger partial charge is 0.251 e.